The fourth-order valence-electron chi connectivity index (χ4n) is 3.67. The molecule has 0 radical (unpaired) electrons. The van der Waals surface area contributed by atoms with Gasteiger partial charge in [0.15, 0.2) is 0 Å². The molecule has 0 unspecified atom stereocenters. The van der Waals surface area contributed by atoms with Gasteiger partial charge in [0.05, 0.1) is 0 Å². The maximum Gasteiger partial charge on any atom is 0.325 e. The third kappa shape index (κ3) is 5.96. The largest absolute Gasteiger partial charge is 0.507 e. The number of aromatic hydroxyl groups is 2. The number of carbonyl (C=O) groups is 2. The van der Waals surface area contributed by atoms with Crippen LogP contribution in [-0.2, 0) is 9.59 Å². The molecule has 0 aliphatic carbocycles. The average molecular weight is 431 g/mol. The summed E-state index contributed by atoms with van der Waals surface area (Å²) >= 11 is 0. The highest BCUT2D eigenvalue weighted by atomic mass is 16.4. The molecule has 0 heterocycles. The topological polar surface area (TPSA) is 139 Å². The molecule has 2 atom stereocenters. The number of hydrogen-bond donors (Lipinski definition) is 6. The predicted octanol–water partition coefficient (Wildman–Crippen LogP) is 2.85. The number of hydrogen-bond acceptors (Lipinski definition) is 6. The van der Waals surface area contributed by atoms with E-state index in [2.05, 4.69) is 10.6 Å². The van der Waals surface area contributed by atoms with Crippen molar-refractivity contribution >= 4 is 11.9 Å². The molecular weight excluding hydrogens is 400 g/mol. The van der Waals surface area contributed by atoms with E-state index in [-0.39, 0.29) is 24.6 Å². The number of phenolic OH excluding ortho intramolecular Hbond substituents is 2. The van der Waals surface area contributed by atoms with Crippen LogP contribution in [0, 0.1) is 27.7 Å². The maximum absolute atomic E-state index is 11.7. The van der Waals surface area contributed by atoms with Crippen molar-refractivity contribution in [3.63, 3.8) is 0 Å². The lowest BCUT2D eigenvalue weighted by atomic mass is 9.99. The summed E-state index contributed by atoms with van der Waals surface area (Å²) in [6, 6.07) is 4.65. The van der Waals surface area contributed by atoms with Crippen LogP contribution in [0.4, 0.5) is 0 Å². The van der Waals surface area contributed by atoms with Gasteiger partial charge in [0.2, 0.25) is 0 Å². The molecule has 2 aromatic carbocycles. The van der Waals surface area contributed by atoms with Crippen molar-refractivity contribution in [2.24, 2.45) is 0 Å². The van der Waals surface area contributed by atoms with E-state index < -0.39 is 24.0 Å². The van der Waals surface area contributed by atoms with Crippen LogP contribution in [0.3, 0.4) is 0 Å². The van der Waals surface area contributed by atoms with Crippen LogP contribution in [0.15, 0.2) is 24.3 Å². The highest BCUT2D eigenvalue weighted by Crippen LogP contribution is 2.30. The molecule has 2 rings (SSSR count). The number of rotatable bonds is 10. The second-order valence-electron chi connectivity index (χ2n) is 7.84. The molecule has 0 aromatic heterocycles. The zero-order valence-corrected chi connectivity index (χ0v) is 18.2. The van der Waals surface area contributed by atoms with Crippen molar-refractivity contribution < 1.29 is 30.0 Å². The second kappa shape index (κ2) is 10.3. The zero-order chi connectivity index (χ0) is 23.3. The molecule has 8 nitrogen and oxygen atoms in total. The van der Waals surface area contributed by atoms with Crippen LogP contribution in [0.2, 0.25) is 0 Å². The fourth-order valence-corrected chi connectivity index (χ4v) is 3.67. The Morgan fingerprint density at radius 1 is 0.742 bits per heavy atom. The van der Waals surface area contributed by atoms with E-state index in [4.69, 9.17) is 0 Å². The summed E-state index contributed by atoms with van der Waals surface area (Å²) in [5, 5.41) is 45.5. The van der Waals surface area contributed by atoms with Crippen molar-refractivity contribution in [1.29, 1.82) is 0 Å². The van der Waals surface area contributed by atoms with Crippen LogP contribution in [0.1, 0.15) is 51.9 Å². The van der Waals surface area contributed by atoms with Gasteiger partial charge >= 0.3 is 11.9 Å². The zero-order valence-electron chi connectivity index (χ0n) is 18.2. The van der Waals surface area contributed by atoms with Gasteiger partial charge in [-0.3, -0.25) is 9.59 Å². The number of phenols is 2. The average Bonchev–Trinajstić information content (AvgIpc) is 2.67. The van der Waals surface area contributed by atoms with Gasteiger partial charge < -0.3 is 31.1 Å². The summed E-state index contributed by atoms with van der Waals surface area (Å²) in [7, 11) is 0. The fraction of sp³-hybridized carbons (Fsp3) is 0.391. The monoisotopic (exact) mass is 430 g/mol. The van der Waals surface area contributed by atoms with E-state index in [1.165, 1.54) is 0 Å². The van der Waals surface area contributed by atoms with Crippen LogP contribution in [-0.4, -0.2) is 45.5 Å². The summed E-state index contributed by atoms with van der Waals surface area (Å²) in [6.45, 7) is 7.63. The van der Waals surface area contributed by atoms with Crippen molar-refractivity contribution in [3.05, 3.63) is 57.6 Å². The summed E-state index contributed by atoms with van der Waals surface area (Å²) in [5.74, 6) is -2.34. The van der Waals surface area contributed by atoms with Crippen molar-refractivity contribution in [2.75, 3.05) is 13.1 Å². The predicted molar refractivity (Wildman–Crippen MR) is 117 cm³/mol. The smallest absolute Gasteiger partial charge is 0.325 e. The van der Waals surface area contributed by atoms with E-state index in [9.17, 15) is 30.0 Å². The number of aryl methyl sites for hydroxylation is 4. The minimum absolute atomic E-state index is 0.0557. The number of nitrogens with one attached hydrogen (secondary N) is 2. The molecule has 8 heteroatoms. The first kappa shape index (κ1) is 24.2. The number of carboxylic acids is 2. The summed E-state index contributed by atoms with van der Waals surface area (Å²) < 4.78 is 0. The Morgan fingerprint density at radius 2 is 1.10 bits per heavy atom. The Labute approximate surface area is 181 Å². The highest BCUT2D eigenvalue weighted by Gasteiger charge is 2.25. The van der Waals surface area contributed by atoms with Crippen molar-refractivity contribution in [1.82, 2.24) is 10.6 Å². The Balaban J connectivity index is 2.02. The normalized spacial score (nSPS) is 13.0. The number of aliphatic carboxylic acids is 2. The lowest BCUT2D eigenvalue weighted by molar-refractivity contribution is -0.140. The van der Waals surface area contributed by atoms with Crippen molar-refractivity contribution in [3.8, 4) is 11.5 Å². The molecule has 0 saturated heterocycles. The molecule has 31 heavy (non-hydrogen) atoms. The third-order valence-electron chi connectivity index (χ3n) is 5.12. The van der Waals surface area contributed by atoms with Crippen LogP contribution in [0.5, 0.6) is 11.5 Å². The first-order chi connectivity index (χ1) is 14.5. The second-order valence-corrected chi connectivity index (χ2v) is 7.84. The minimum Gasteiger partial charge on any atom is -0.507 e. The lowest BCUT2D eigenvalue weighted by Crippen LogP contribution is -2.33. The highest BCUT2D eigenvalue weighted by molar-refractivity contribution is 5.77. The van der Waals surface area contributed by atoms with E-state index >= 15 is 0 Å². The van der Waals surface area contributed by atoms with Crippen LogP contribution < -0.4 is 10.6 Å². The first-order valence-electron chi connectivity index (χ1n) is 10.1. The summed E-state index contributed by atoms with van der Waals surface area (Å²) in [5.41, 5.74) is 3.47. The molecule has 0 spiro atoms. The lowest BCUT2D eigenvalue weighted by Gasteiger charge is -2.20. The molecule has 0 amide bonds. The van der Waals surface area contributed by atoms with Gasteiger partial charge in [0, 0.05) is 11.1 Å². The van der Waals surface area contributed by atoms with Crippen molar-refractivity contribution in [2.45, 2.75) is 46.2 Å². The molecular formula is C23H30N2O6. The molecule has 0 bridgehead atoms. The van der Waals surface area contributed by atoms with Crippen LogP contribution in [0.25, 0.3) is 0 Å². The van der Waals surface area contributed by atoms with Gasteiger partial charge in [-0.05, 0) is 58.3 Å². The molecule has 168 valence electrons. The Hall–Kier alpha value is -3.10. The molecule has 0 aliphatic rings. The Kier molecular flexibility index (Phi) is 8.01. The van der Waals surface area contributed by atoms with Gasteiger partial charge in [0.25, 0.3) is 0 Å². The Morgan fingerprint density at radius 3 is 1.42 bits per heavy atom. The van der Waals surface area contributed by atoms with Gasteiger partial charge in [0.1, 0.15) is 23.6 Å². The SMILES string of the molecule is Cc1cc(C)c(O)c([C@@H](NCCCN[C@@H](C(=O)O)c2cc(C)cc(C)c2O)C(=O)O)c1. The van der Waals surface area contributed by atoms with E-state index in [1.807, 2.05) is 13.8 Å². The summed E-state index contributed by atoms with van der Waals surface area (Å²) in [4.78, 5) is 23.5. The van der Waals surface area contributed by atoms with E-state index in [0.29, 0.717) is 28.7 Å². The molecule has 6 N–H and O–H groups in total. The summed E-state index contributed by atoms with van der Waals surface area (Å²) in [6.07, 6.45) is 0.435. The van der Waals surface area contributed by atoms with Gasteiger partial charge in [-0.2, -0.15) is 0 Å². The van der Waals surface area contributed by atoms with E-state index in [0.717, 1.165) is 11.1 Å². The van der Waals surface area contributed by atoms with Gasteiger partial charge in [-0.15, -0.1) is 0 Å². The molecule has 0 fully saturated rings. The number of carboxylic acid groups (broad SMARTS) is 2. The first-order valence-corrected chi connectivity index (χ1v) is 10.1. The number of benzene rings is 2. The third-order valence-corrected chi connectivity index (χ3v) is 5.12. The van der Waals surface area contributed by atoms with Gasteiger partial charge in [-0.1, -0.05) is 35.4 Å². The molecule has 0 aliphatic heterocycles. The molecule has 0 saturated carbocycles. The minimum atomic E-state index is -1.11. The quantitative estimate of drug-likeness (QED) is 0.316. The van der Waals surface area contributed by atoms with Gasteiger partial charge in [-0.25, -0.2) is 0 Å². The van der Waals surface area contributed by atoms with Crippen LogP contribution >= 0.6 is 0 Å². The Bertz CT molecular complexity index is 896. The standard InChI is InChI=1S/C23H30N2O6/c1-12-8-14(3)20(26)16(10-12)18(22(28)29)24-6-5-7-25-19(23(30)31)17-11-13(2)9-15(4)21(17)27/h8-11,18-19,24-27H,5-7H2,1-4H3,(H,28,29)(H,30,31)/t18-,19-/m1/s1. The maximum atomic E-state index is 11.7. The molecule has 2 aromatic rings. The van der Waals surface area contributed by atoms with E-state index in [1.54, 1.807) is 38.1 Å².